The van der Waals surface area contributed by atoms with E-state index in [9.17, 15) is 4.79 Å². The van der Waals surface area contributed by atoms with Crippen LogP contribution in [-0.2, 0) is 4.74 Å². The summed E-state index contributed by atoms with van der Waals surface area (Å²) in [5.74, 6) is 0.785. The molecule has 0 aliphatic carbocycles. The van der Waals surface area contributed by atoms with Crippen molar-refractivity contribution < 1.29 is 14.3 Å². The second kappa shape index (κ2) is 9.69. The third-order valence-electron chi connectivity index (χ3n) is 5.43. The number of rotatable bonds is 7. The molecule has 168 valence electrons. The summed E-state index contributed by atoms with van der Waals surface area (Å²) in [6.45, 7) is 6.17. The van der Waals surface area contributed by atoms with Crippen molar-refractivity contribution in [2.45, 2.75) is 6.92 Å². The first-order valence-electron chi connectivity index (χ1n) is 10.6. The molecule has 4 rings (SSSR count). The maximum atomic E-state index is 11.9. The number of carbonyl (C=O) groups excluding carboxylic acids is 1. The Morgan fingerprint density at radius 3 is 2.75 bits per heavy atom. The van der Waals surface area contributed by atoms with Crippen LogP contribution in [0.25, 0.3) is 11.4 Å². The Balaban J connectivity index is 1.51. The molecule has 3 aromatic rings. The van der Waals surface area contributed by atoms with E-state index in [2.05, 4.69) is 43.2 Å². The molecule has 1 aliphatic rings. The van der Waals surface area contributed by atoms with Gasteiger partial charge in [-0.1, -0.05) is 0 Å². The first-order valence-corrected chi connectivity index (χ1v) is 10.6. The molecule has 0 unspecified atom stereocenters. The topological polar surface area (TPSA) is 95.6 Å². The molecule has 32 heavy (non-hydrogen) atoms. The van der Waals surface area contributed by atoms with Crippen molar-refractivity contribution in [3.05, 3.63) is 48.3 Å². The van der Waals surface area contributed by atoms with E-state index in [4.69, 9.17) is 9.47 Å². The number of nitrogens with zero attached hydrogens (tertiary/aromatic N) is 4. The van der Waals surface area contributed by atoms with Crippen LogP contribution in [-0.4, -0.2) is 72.8 Å². The molecule has 2 aromatic heterocycles. The van der Waals surface area contributed by atoms with Crippen LogP contribution in [0.4, 0.5) is 17.3 Å². The molecular weight excluding hydrogens is 408 g/mol. The largest absolute Gasteiger partial charge is 0.494 e. The summed E-state index contributed by atoms with van der Waals surface area (Å²) in [7, 11) is 3.80. The Morgan fingerprint density at radius 2 is 2.00 bits per heavy atom. The van der Waals surface area contributed by atoms with Gasteiger partial charge in [0.2, 0.25) is 5.95 Å². The maximum Gasteiger partial charge on any atom is 0.339 e. The Morgan fingerprint density at radius 1 is 1.19 bits per heavy atom. The summed E-state index contributed by atoms with van der Waals surface area (Å²) in [5.41, 5.74) is 3.73. The van der Waals surface area contributed by atoms with Gasteiger partial charge in [-0.15, -0.1) is 0 Å². The number of nitrogens with one attached hydrogen (secondary N) is 2. The van der Waals surface area contributed by atoms with Crippen LogP contribution in [0.5, 0.6) is 5.75 Å². The van der Waals surface area contributed by atoms with E-state index in [0.29, 0.717) is 29.5 Å². The van der Waals surface area contributed by atoms with E-state index in [1.54, 1.807) is 38.6 Å². The van der Waals surface area contributed by atoms with Gasteiger partial charge in [-0.05, 0) is 38.2 Å². The standard InChI is InChI=1S/C23H28N6O3/c1-4-32-22(30)16-13-20(25-15-16)18-7-8-24-23(26-18)27-19-6-5-17(14-21(19)31-3)29-11-9-28(2)10-12-29/h5-8,13-15,25H,4,9-12H2,1-3H3,(H,24,26,27). The van der Waals surface area contributed by atoms with Gasteiger partial charge in [0.1, 0.15) is 5.75 Å². The normalized spacial score (nSPS) is 14.3. The van der Waals surface area contributed by atoms with Crippen LogP contribution in [0, 0.1) is 0 Å². The highest BCUT2D eigenvalue weighted by atomic mass is 16.5. The molecule has 0 bridgehead atoms. The number of anilines is 3. The molecule has 1 saturated heterocycles. The number of H-pyrrole nitrogens is 1. The summed E-state index contributed by atoms with van der Waals surface area (Å²) in [5, 5.41) is 3.24. The molecule has 0 atom stereocenters. The minimum absolute atomic E-state index is 0.330. The minimum atomic E-state index is -0.368. The van der Waals surface area contributed by atoms with E-state index < -0.39 is 0 Å². The predicted octanol–water partition coefficient (Wildman–Crippen LogP) is 3.15. The van der Waals surface area contributed by atoms with Gasteiger partial charge in [0.25, 0.3) is 0 Å². The van der Waals surface area contributed by atoms with Gasteiger partial charge < -0.3 is 29.6 Å². The Labute approximate surface area is 187 Å². The Bertz CT molecular complexity index is 1080. The number of ether oxygens (including phenoxy) is 2. The molecule has 1 fully saturated rings. The highest BCUT2D eigenvalue weighted by Crippen LogP contribution is 2.32. The fraction of sp³-hybridized carbons (Fsp3) is 0.348. The Kier molecular flexibility index (Phi) is 6.55. The van der Waals surface area contributed by atoms with E-state index in [1.807, 2.05) is 12.1 Å². The van der Waals surface area contributed by atoms with Gasteiger partial charge in [-0.3, -0.25) is 0 Å². The fourth-order valence-electron chi connectivity index (χ4n) is 3.61. The van der Waals surface area contributed by atoms with Crippen molar-refractivity contribution >= 4 is 23.3 Å². The second-order valence-corrected chi connectivity index (χ2v) is 7.59. The average Bonchev–Trinajstić information content (AvgIpc) is 3.31. The molecule has 0 amide bonds. The van der Waals surface area contributed by atoms with Gasteiger partial charge >= 0.3 is 5.97 Å². The molecule has 9 nitrogen and oxygen atoms in total. The number of hydrogen-bond acceptors (Lipinski definition) is 8. The third kappa shape index (κ3) is 4.83. The zero-order valence-electron chi connectivity index (χ0n) is 18.6. The number of likely N-dealkylation sites (N-methyl/N-ethyl adjacent to an activating group) is 1. The van der Waals surface area contributed by atoms with Crippen LogP contribution >= 0.6 is 0 Å². The lowest BCUT2D eigenvalue weighted by Gasteiger charge is -2.34. The third-order valence-corrected chi connectivity index (χ3v) is 5.43. The maximum absolute atomic E-state index is 11.9. The average molecular weight is 437 g/mol. The summed E-state index contributed by atoms with van der Waals surface area (Å²) in [6.07, 6.45) is 3.28. The molecule has 0 radical (unpaired) electrons. The van der Waals surface area contributed by atoms with E-state index in [0.717, 1.165) is 43.3 Å². The number of esters is 1. The van der Waals surface area contributed by atoms with Crippen LogP contribution in [0.1, 0.15) is 17.3 Å². The molecular formula is C23H28N6O3. The number of hydrogen-bond donors (Lipinski definition) is 2. The number of carbonyl (C=O) groups is 1. The second-order valence-electron chi connectivity index (χ2n) is 7.59. The van der Waals surface area contributed by atoms with Crippen LogP contribution in [0.2, 0.25) is 0 Å². The van der Waals surface area contributed by atoms with Crippen molar-refractivity contribution in [2.75, 3.05) is 57.2 Å². The summed E-state index contributed by atoms with van der Waals surface area (Å²) in [4.78, 5) is 28.6. The molecule has 3 heterocycles. The van der Waals surface area contributed by atoms with Crippen molar-refractivity contribution in [3.8, 4) is 17.1 Å². The number of piperazine rings is 1. The van der Waals surface area contributed by atoms with E-state index >= 15 is 0 Å². The fourth-order valence-corrected chi connectivity index (χ4v) is 3.61. The minimum Gasteiger partial charge on any atom is -0.494 e. The summed E-state index contributed by atoms with van der Waals surface area (Å²) >= 11 is 0. The van der Waals surface area contributed by atoms with Gasteiger partial charge in [0.05, 0.1) is 36.4 Å². The monoisotopic (exact) mass is 436 g/mol. The lowest BCUT2D eigenvalue weighted by Crippen LogP contribution is -2.44. The first kappa shape index (κ1) is 21.6. The zero-order chi connectivity index (χ0) is 22.5. The molecule has 1 aromatic carbocycles. The van der Waals surface area contributed by atoms with Crippen molar-refractivity contribution in [2.24, 2.45) is 0 Å². The predicted molar refractivity (Wildman–Crippen MR) is 124 cm³/mol. The van der Waals surface area contributed by atoms with Crippen molar-refractivity contribution in [3.63, 3.8) is 0 Å². The lowest BCUT2D eigenvalue weighted by molar-refractivity contribution is 0.0526. The quantitative estimate of drug-likeness (QED) is 0.546. The summed E-state index contributed by atoms with van der Waals surface area (Å²) in [6, 6.07) is 9.59. The number of benzene rings is 1. The molecule has 9 heteroatoms. The van der Waals surface area contributed by atoms with Crippen molar-refractivity contribution in [1.82, 2.24) is 19.9 Å². The molecule has 1 aliphatic heterocycles. The summed E-state index contributed by atoms with van der Waals surface area (Å²) < 4.78 is 10.7. The molecule has 0 spiro atoms. The SMILES string of the molecule is CCOC(=O)c1c[nH]c(-c2ccnc(Nc3ccc(N4CCN(C)CC4)cc3OC)n2)c1. The molecule has 0 saturated carbocycles. The number of aromatic nitrogens is 3. The zero-order valence-corrected chi connectivity index (χ0v) is 18.6. The van der Waals surface area contributed by atoms with Gasteiger partial charge in [-0.2, -0.15) is 0 Å². The van der Waals surface area contributed by atoms with Crippen LogP contribution in [0.3, 0.4) is 0 Å². The van der Waals surface area contributed by atoms with Gasteiger partial charge in [0, 0.05) is 50.3 Å². The number of methoxy groups -OCH3 is 1. The lowest BCUT2D eigenvalue weighted by atomic mass is 10.2. The highest BCUT2D eigenvalue weighted by Gasteiger charge is 2.17. The molecule has 2 N–H and O–H groups in total. The van der Waals surface area contributed by atoms with Gasteiger partial charge in [-0.25, -0.2) is 14.8 Å². The number of aromatic amines is 1. The van der Waals surface area contributed by atoms with Crippen LogP contribution in [0.15, 0.2) is 42.7 Å². The van der Waals surface area contributed by atoms with E-state index in [-0.39, 0.29) is 5.97 Å². The highest BCUT2D eigenvalue weighted by molar-refractivity contribution is 5.90. The van der Waals surface area contributed by atoms with Crippen LogP contribution < -0.4 is 15.0 Å². The van der Waals surface area contributed by atoms with E-state index in [1.165, 1.54) is 0 Å². The van der Waals surface area contributed by atoms with Crippen molar-refractivity contribution in [1.29, 1.82) is 0 Å². The first-order chi connectivity index (χ1) is 15.6. The van der Waals surface area contributed by atoms with Gasteiger partial charge in [0.15, 0.2) is 0 Å². The smallest absolute Gasteiger partial charge is 0.339 e. The Hall–Kier alpha value is -3.59.